The van der Waals surface area contributed by atoms with Crippen molar-refractivity contribution in [2.24, 2.45) is 0 Å². The van der Waals surface area contributed by atoms with Gasteiger partial charge in [-0.15, -0.1) is 0 Å². The molecule has 1 heterocycles. The van der Waals surface area contributed by atoms with E-state index >= 15 is 0 Å². The largest absolute Gasteiger partial charge is 0.298 e. The third-order valence-electron chi connectivity index (χ3n) is 3.47. The van der Waals surface area contributed by atoms with Gasteiger partial charge in [0, 0.05) is 20.9 Å². The van der Waals surface area contributed by atoms with Gasteiger partial charge < -0.3 is 0 Å². The van der Waals surface area contributed by atoms with Gasteiger partial charge in [0.1, 0.15) is 0 Å². The molecule has 0 saturated heterocycles. The lowest BCUT2D eigenvalue weighted by molar-refractivity contribution is -0.385. The van der Waals surface area contributed by atoms with E-state index in [1.54, 1.807) is 10.9 Å². The molecule has 0 aliphatic rings. The van der Waals surface area contributed by atoms with E-state index in [1.165, 1.54) is 12.1 Å². The highest BCUT2D eigenvalue weighted by molar-refractivity contribution is 9.10. The van der Waals surface area contributed by atoms with Crippen LogP contribution in [0, 0.1) is 10.1 Å². The van der Waals surface area contributed by atoms with Gasteiger partial charge in [-0.05, 0) is 23.8 Å². The summed E-state index contributed by atoms with van der Waals surface area (Å²) in [6.07, 6.45) is 2.13. The van der Waals surface area contributed by atoms with Crippen LogP contribution in [0.15, 0.2) is 41.0 Å². The second-order valence-corrected chi connectivity index (χ2v) is 6.11. The van der Waals surface area contributed by atoms with Crippen LogP contribution in [0.5, 0.6) is 0 Å². The Bertz CT molecular complexity index is 939. The van der Waals surface area contributed by atoms with E-state index in [0.29, 0.717) is 11.8 Å². The number of nitrogens with zero attached hydrogens (tertiary/aromatic N) is 3. The summed E-state index contributed by atoms with van der Waals surface area (Å²) in [5.41, 5.74) is 1.08. The molecule has 0 radical (unpaired) electrons. The van der Waals surface area contributed by atoms with E-state index in [9.17, 15) is 14.9 Å². The smallest absolute Gasteiger partial charge is 0.280 e. The molecule has 0 saturated carbocycles. The number of fused-ring (bicyclic) bond motifs is 1. The van der Waals surface area contributed by atoms with Crippen molar-refractivity contribution in [2.45, 2.75) is 6.54 Å². The lowest BCUT2D eigenvalue weighted by Crippen LogP contribution is -2.04. The molecule has 0 amide bonds. The summed E-state index contributed by atoms with van der Waals surface area (Å²) in [6, 6.07) is 8.31. The molecule has 3 rings (SSSR count). The average molecular weight is 395 g/mol. The van der Waals surface area contributed by atoms with Crippen molar-refractivity contribution in [3.63, 3.8) is 0 Å². The Balaban J connectivity index is 2.08. The van der Waals surface area contributed by atoms with Crippen LogP contribution in [0.3, 0.4) is 0 Å². The summed E-state index contributed by atoms with van der Waals surface area (Å²) >= 11 is 9.60. The van der Waals surface area contributed by atoms with E-state index < -0.39 is 4.92 Å². The first kappa shape index (κ1) is 15.6. The fourth-order valence-corrected chi connectivity index (χ4v) is 3.04. The first-order chi connectivity index (χ1) is 11.0. The summed E-state index contributed by atoms with van der Waals surface area (Å²) < 4.78 is 2.61. The summed E-state index contributed by atoms with van der Waals surface area (Å²) in [6.45, 7) is 0.263. The number of hydrogen-bond donors (Lipinski definition) is 0. The number of carbonyl (C=O) groups is 1. The number of nitro groups is 1. The van der Waals surface area contributed by atoms with Crippen LogP contribution in [0.1, 0.15) is 15.9 Å². The van der Waals surface area contributed by atoms with Crippen molar-refractivity contribution >= 4 is 50.4 Å². The highest BCUT2D eigenvalue weighted by Gasteiger charge is 2.18. The van der Waals surface area contributed by atoms with Crippen LogP contribution in [-0.4, -0.2) is 21.0 Å². The SMILES string of the molecule is O=Cc1cc(Cl)c(Cn2ncc3c(Br)cccc32)cc1[N+](=O)[O-]. The van der Waals surface area contributed by atoms with Gasteiger partial charge in [0.25, 0.3) is 5.69 Å². The molecule has 3 aromatic rings. The van der Waals surface area contributed by atoms with Gasteiger partial charge in [-0.2, -0.15) is 5.10 Å². The minimum absolute atomic E-state index is 0.0446. The minimum atomic E-state index is -0.596. The number of nitro benzene ring substituents is 1. The number of halogens is 2. The standard InChI is InChI=1S/C15H9BrClN3O3/c16-12-2-1-3-14-11(12)6-18-19(14)7-9-5-15(20(22)23)10(8-21)4-13(9)17/h1-6,8H,7H2. The molecule has 116 valence electrons. The van der Waals surface area contributed by atoms with Crippen LogP contribution in [0.2, 0.25) is 5.02 Å². The zero-order chi connectivity index (χ0) is 16.6. The Hall–Kier alpha value is -2.25. The van der Waals surface area contributed by atoms with Gasteiger partial charge in [0.15, 0.2) is 6.29 Å². The van der Waals surface area contributed by atoms with Crippen molar-refractivity contribution in [2.75, 3.05) is 0 Å². The predicted molar refractivity (Wildman–Crippen MR) is 90.0 cm³/mol. The number of carbonyl (C=O) groups excluding carboxylic acids is 1. The van der Waals surface area contributed by atoms with Crippen LogP contribution in [0.25, 0.3) is 10.9 Å². The minimum Gasteiger partial charge on any atom is -0.298 e. The maximum atomic E-state index is 11.1. The number of benzene rings is 2. The van der Waals surface area contributed by atoms with Crippen molar-refractivity contribution in [3.8, 4) is 0 Å². The molecule has 0 atom stereocenters. The Morgan fingerprint density at radius 2 is 2.17 bits per heavy atom. The van der Waals surface area contributed by atoms with Gasteiger partial charge in [-0.25, -0.2) is 0 Å². The van der Waals surface area contributed by atoms with E-state index in [1.807, 2.05) is 18.2 Å². The highest BCUT2D eigenvalue weighted by atomic mass is 79.9. The third kappa shape index (κ3) is 2.85. The Morgan fingerprint density at radius 3 is 2.87 bits per heavy atom. The van der Waals surface area contributed by atoms with Crippen LogP contribution < -0.4 is 0 Å². The zero-order valence-corrected chi connectivity index (χ0v) is 13.9. The summed E-state index contributed by atoms with van der Waals surface area (Å²) in [5.74, 6) is 0. The monoisotopic (exact) mass is 393 g/mol. The van der Waals surface area contributed by atoms with Crippen molar-refractivity contribution in [3.05, 3.63) is 67.3 Å². The number of rotatable bonds is 4. The second kappa shape index (κ2) is 6.10. The molecule has 0 aliphatic carbocycles. The van der Waals surface area contributed by atoms with Gasteiger partial charge in [0.2, 0.25) is 0 Å². The van der Waals surface area contributed by atoms with Crippen LogP contribution >= 0.6 is 27.5 Å². The normalized spacial score (nSPS) is 10.9. The molecule has 0 unspecified atom stereocenters. The van der Waals surface area contributed by atoms with Crippen molar-refractivity contribution in [1.82, 2.24) is 9.78 Å². The van der Waals surface area contributed by atoms with E-state index in [4.69, 9.17) is 11.6 Å². The highest BCUT2D eigenvalue weighted by Crippen LogP contribution is 2.28. The first-order valence-electron chi connectivity index (χ1n) is 6.53. The van der Waals surface area contributed by atoms with Crippen molar-refractivity contribution in [1.29, 1.82) is 0 Å². The van der Waals surface area contributed by atoms with Gasteiger partial charge >= 0.3 is 0 Å². The molecule has 2 aromatic carbocycles. The Labute approximate surface area is 143 Å². The second-order valence-electron chi connectivity index (χ2n) is 4.85. The molecule has 0 bridgehead atoms. The fourth-order valence-electron chi connectivity index (χ4n) is 2.35. The molecule has 0 N–H and O–H groups in total. The lowest BCUT2D eigenvalue weighted by Gasteiger charge is -2.07. The molecular formula is C15H9BrClN3O3. The number of aromatic nitrogens is 2. The molecule has 0 fully saturated rings. The molecule has 1 aromatic heterocycles. The zero-order valence-electron chi connectivity index (χ0n) is 11.6. The molecule has 8 heteroatoms. The third-order valence-corrected chi connectivity index (χ3v) is 4.52. The molecular weight excluding hydrogens is 386 g/mol. The van der Waals surface area contributed by atoms with Crippen LogP contribution in [-0.2, 0) is 6.54 Å². The van der Waals surface area contributed by atoms with Gasteiger partial charge in [-0.3, -0.25) is 19.6 Å². The molecule has 23 heavy (non-hydrogen) atoms. The molecule has 0 aliphatic heterocycles. The Morgan fingerprint density at radius 1 is 1.39 bits per heavy atom. The summed E-state index contributed by atoms with van der Waals surface area (Å²) in [4.78, 5) is 21.4. The van der Waals surface area contributed by atoms with Crippen molar-refractivity contribution < 1.29 is 9.72 Å². The molecule has 0 spiro atoms. The van der Waals surface area contributed by atoms with E-state index in [2.05, 4.69) is 21.0 Å². The Kier molecular flexibility index (Phi) is 4.14. The number of aldehydes is 1. The topological polar surface area (TPSA) is 78.0 Å². The lowest BCUT2D eigenvalue weighted by atomic mass is 10.1. The quantitative estimate of drug-likeness (QED) is 0.377. The summed E-state index contributed by atoms with van der Waals surface area (Å²) in [5, 5.41) is 16.6. The molecule has 6 nitrogen and oxygen atoms in total. The maximum Gasteiger partial charge on any atom is 0.280 e. The van der Waals surface area contributed by atoms with Gasteiger partial charge in [0.05, 0.1) is 28.7 Å². The summed E-state index contributed by atoms with van der Waals surface area (Å²) in [7, 11) is 0. The maximum absolute atomic E-state index is 11.1. The first-order valence-corrected chi connectivity index (χ1v) is 7.70. The fraction of sp³-hybridized carbons (Fsp3) is 0.0667. The average Bonchev–Trinajstić information content (AvgIpc) is 2.93. The van der Waals surface area contributed by atoms with E-state index in [0.717, 1.165) is 15.4 Å². The predicted octanol–water partition coefficient (Wildman–Crippen LogP) is 4.22. The van der Waals surface area contributed by atoms with Gasteiger partial charge in [-0.1, -0.05) is 33.6 Å². The number of hydrogen-bond acceptors (Lipinski definition) is 4. The van der Waals surface area contributed by atoms with E-state index in [-0.39, 0.29) is 22.8 Å². The van der Waals surface area contributed by atoms with Crippen LogP contribution in [0.4, 0.5) is 5.69 Å².